The van der Waals surface area contributed by atoms with Crippen LogP contribution in [0.3, 0.4) is 0 Å². The molecular weight excluding hydrogens is 266 g/mol. The average Bonchev–Trinajstić information content (AvgIpc) is 3.22. The van der Waals surface area contributed by atoms with E-state index in [1.165, 1.54) is 12.0 Å². The number of benzene rings is 1. The number of aromatic nitrogens is 1. The second kappa shape index (κ2) is 4.97. The Morgan fingerprint density at radius 3 is 2.24 bits per heavy atom. The summed E-state index contributed by atoms with van der Waals surface area (Å²) in [4.78, 5) is 4.13. The lowest BCUT2D eigenvalue weighted by atomic mass is 9.66. The monoisotopic (exact) mass is 285 g/mol. The normalized spacial score (nSPS) is 23.4. The van der Waals surface area contributed by atoms with Crippen LogP contribution in [0.2, 0.25) is 0 Å². The zero-order chi connectivity index (χ0) is 14.2. The van der Waals surface area contributed by atoms with Crippen LogP contribution in [-0.4, -0.2) is 24.0 Å². The fourth-order valence-corrected chi connectivity index (χ4v) is 3.73. The Bertz CT molecular complexity index is 578. The minimum atomic E-state index is -0.363. The summed E-state index contributed by atoms with van der Waals surface area (Å²) in [6.45, 7) is 1.42. The van der Waals surface area contributed by atoms with Crippen molar-refractivity contribution < 1.29 is 13.9 Å². The smallest absolute Gasteiger partial charge is 0.180 e. The Labute approximate surface area is 124 Å². The van der Waals surface area contributed by atoms with Gasteiger partial charge in [0.1, 0.15) is 5.76 Å². The van der Waals surface area contributed by atoms with Crippen LogP contribution in [0.25, 0.3) is 0 Å². The lowest BCUT2D eigenvalue weighted by Crippen LogP contribution is -2.42. The standard InChI is InChI=1S/C17H19NO3/c1-2-4-14(5-3-1)16(15-12-18-13-19-15)6-8-17(9-7-16)20-10-11-21-17/h1-5,12-13H,6-11H2. The van der Waals surface area contributed by atoms with Gasteiger partial charge in [-0.05, 0) is 18.4 Å². The average molecular weight is 285 g/mol. The molecule has 0 radical (unpaired) electrons. The van der Waals surface area contributed by atoms with Crippen LogP contribution < -0.4 is 0 Å². The second-order valence-electron chi connectivity index (χ2n) is 5.92. The molecule has 1 aromatic heterocycles. The SMILES string of the molecule is c1ccc(C2(c3cnco3)CCC3(CC2)OCCO3)cc1. The highest BCUT2D eigenvalue weighted by molar-refractivity contribution is 5.34. The van der Waals surface area contributed by atoms with Crippen molar-refractivity contribution in [3.05, 3.63) is 54.2 Å². The van der Waals surface area contributed by atoms with E-state index in [9.17, 15) is 0 Å². The molecule has 1 saturated heterocycles. The molecule has 1 aliphatic carbocycles. The summed E-state index contributed by atoms with van der Waals surface area (Å²) < 4.78 is 17.4. The van der Waals surface area contributed by atoms with Crippen LogP contribution in [0.4, 0.5) is 0 Å². The first-order valence-corrected chi connectivity index (χ1v) is 7.56. The molecular formula is C17H19NO3. The third-order valence-electron chi connectivity index (χ3n) is 4.91. The summed E-state index contributed by atoms with van der Waals surface area (Å²) in [5.74, 6) is 0.583. The van der Waals surface area contributed by atoms with Gasteiger partial charge in [-0.25, -0.2) is 4.98 Å². The van der Waals surface area contributed by atoms with E-state index in [0.717, 1.165) is 31.4 Å². The number of hydrogen-bond acceptors (Lipinski definition) is 4. The maximum atomic E-state index is 5.86. The lowest BCUT2D eigenvalue weighted by Gasteiger charge is -2.42. The van der Waals surface area contributed by atoms with Gasteiger partial charge in [-0.3, -0.25) is 0 Å². The lowest BCUT2D eigenvalue weighted by molar-refractivity contribution is -0.183. The fourth-order valence-electron chi connectivity index (χ4n) is 3.73. The summed E-state index contributed by atoms with van der Waals surface area (Å²) in [6.07, 6.45) is 7.05. The van der Waals surface area contributed by atoms with Crippen molar-refractivity contribution >= 4 is 0 Å². The largest absolute Gasteiger partial charge is 0.448 e. The quantitative estimate of drug-likeness (QED) is 0.849. The Kier molecular flexibility index (Phi) is 3.08. The molecule has 4 rings (SSSR count). The molecule has 4 heteroatoms. The predicted octanol–water partition coefficient (Wildman–Crippen LogP) is 3.28. The summed E-state index contributed by atoms with van der Waals surface area (Å²) >= 11 is 0. The number of hydrogen-bond donors (Lipinski definition) is 0. The van der Waals surface area contributed by atoms with E-state index in [1.54, 1.807) is 0 Å². The first-order chi connectivity index (χ1) is 10.3. The molecule has 0 atom stereocenters. The van der Waals surface area contributed by atoms with Gasteiger partial charge in [-0.1, -0.05) is 30.3 Å². The number of nitrogens with zero attached hydrogens (tertiary/aromatic N) is 1. The maximum Gasteiger partial charge on any atom is 0.180 e. The van der Waals surface area contributed by atoms with Crippen molar-refractivity contribution in [1.29, 1.82) is 0 Å². The summed E-state index contributed by atoms with van der Waals surface area (Å²) in [5.41, 5.74) is 1.17. The molecule has 21 heavy (non-hydrogen) atoms. The van der Waals surface area contributed by atoms with Crippen LogP contribution in [0, 0.1) is 0 Å². The molecule has 2 heterocycles. The van der Waals surface area contributed by atoms with Gasteiger partial charge in [0.05, 0.1) is 24.8 Å². The zero-order valence-electron chi connectivity index (χ0n) is 12.0. The predicted molar refractivity (Wildman–Crippen MR) is 76.8 cm³/mol. The molecule has 0 amide bonds. The molecule has 1 saturated carbocycles. The van der Waals surface area contributed by atoms with Crippen molar-refractivity contribution in [3.63, 3.8) is 0 Å². The van der Waals surface area contributed by atoms with Crippen molar-refractivity contribution in [3.8, 4) is 0 Å². The Morgan fingerprint density at radius 2 is 1.62 bits per heavy atom. The highest BCUT2D eigenvalue weighted by Gasteiger charge is 2.49. The minimum Gasteiger partial charge on any atom is -0.448 e. The van der Waals surface area contributed by atoms with Crippen LogP contribution in [0.5, 0.6) is 0 Å². The second-order valence-corrected chi connectivity index (χ2v) is 5.92. The molecule has 0 N–H and O–H groups in total. The van der Waals surface area contributed by atoms with E-state index in [-0.39, 0.29) is 11.2 Å². The molecule has 1 aliphatic heterocycles. The van der Waals surface area contributed by atoms with Gasteiger partial charge in [-0.15, -0.1) is 0 Å². The van der Waals surface area contributed by atoms with Crippen molar-refractivity contribution in [2.45, 2.75) is 36.9 Å². The molecule has 2 aliphatic rings. The van der Waals surface area contributed by atoms with Gasteiger partial charge in [-0.2, -0.15) is 0 Å². The van der Waals surface area contributed by atoms with E-state index in [1.807, 2.05) is 12.3 Å². The number of rotatable bonds is 2. The molecule has 1 spiro atoms. The van der Waals surface area contributed by atoms with E-state index >= 15 is 0 Å². The van der Waals surface area contributed by atoms with Crippen LogP contribution in [0.15, 0.2) is 47.3 Å². The topological polar surface area (TPSA) is 44.5 Å². The van der Waals surface area contributed by atoms with Crippen LogP contribution >= 0.6 is 0 Å². The van der Waals surface area contributed by atoms with Crippen LogP contribution in [-0.2, 0) is 14.9 Å². The van der Waals surface area contributed by atoms with Gasteiger partial charge in [0, 0.05) is 12.8 Å². The summed E-state index contributed by atoms with van der Waals surface area (Å²) in [6, 6.07) is 10.6. The minimum absolute atomic E-state index is 0.113. The third-order valence-corrected chi connectivity index (χ3v) is 4.91. The van der Waals surface area contributed by atoms with E-state index < -0.39 is 0 Å². The van der Waals surface area contributed by atoms with Crippen molar-refractivity contribution in [2.24, 2.45) is 0 Å². The molecule has 0 bridgehead atoms. The molecule has 1 aromatic carbocycles. The van der Waals surface area contributed by atoms with E-state index in [0.29, 0.717) is 13.2 Å². The van der Waals surface area contributed by atoms with Gasteiger partial charge >= 0.3 is 0 Å². The van der Waals surface area contributed by atoms with Gasteiger partial charge in [0.25, 0.3) is 0 Å². The molecule has 2 fully saturated rings. The maximum absolute atomic E-state index is 5.86. The fraction of sp³-hybridized carbons (Fsp3) is 0.471. The Balaban J connectivity index is 1.70. The summed E-state index contributed by atoms with van der Waals surface area (Å²) in [5, 5.41) is 0. The number of oxazole rings is 1. The first kappa shape index (κ1) is 13.0. The highest BCUT2D eigenvalue weighted by Crippen LogP contribution is 2.49. The van der Waals surface area contributed by atoms with Gasteiger partial charge in [0.2, 0.25) is 0 Å². The third kappa shape index (κ3) is 2.10. The van der Waals surface area contributed by atoms with Gasteiger partial charge in [0.15, 0.2) is 12.2 Å². The van der Waals surface area contributed by atoms with E-state index in [4.69, 9.17) is 13.9 Å². The first-order valence-electron chi connectivity index (χ1n) is 7.56. The summed E-state index contributed by atoms with van der Waals surface area (Å²) in [7, 11) is 0. The van der Waals surface area contributed by atoms with E-state index in [2.05, 4.69) is 29.2 Å². The highest BCUT2D eigenvalue weighted by atomic mass is 16.7. The van der Waals surface area contributed by atoms with Crippen molar-refractivity contribution in [1.82, 2.24) is 4.98 Å². The molecule has 2 aromatic rings. The zero-order valence-corrected chi connectivity index (χ0v) is 12.0. The molecule has 110 valence electrons. The Hall–Kier alpha value is -1.65. The van der Waals surface area contributed by atoms with Gasteiger partial charge < -0.3 is 13.9 Å². The molecule has 0 unspecified atom stereocenters. The Morgan fingerprint density at radius 1 is 0.905 bits per heavy atom. The molecule has 4 nitrogen and oxygen atoms in total. The van der Waals surface area contributed by atoms with Crippen molar-refractivity contribution in [2.75, 3.05) is 13.2 Å². The number of ether oxygens (including phenoxy) is 2. The van der Waals surface area contributed by atoms with Crippen LogP contribution in [0.1, 0.15) is 37.0 Å².